The number of carbonyl (C=O) groups is 5. The third kappa shape index (κ3) is 13.7. The van der Waals surface area contributed by atoms with E-state index in [0.717, 1.165) is 27.8 Å². The molecule has 5 amide bonds. The van der Waals surface area contributed by atoms with Gasteiger partial charge in [0, 0.05) is 82.2 Å². The molecule has 2 saturated heterocycles. The Balaban J connectivity index is 0.838. The predicted octanol–water partition coefficient (Wildman–Crippen LogP) is 6.61. The molecule has 5 aromatic rings. The van der Waals surface area contributed by atoms with Crippen molar-refractivity contribution in [3.05, 3.63) is 101 Å². The van der Waals surface area contributed by atoms with Crippen LogP contribution in [0.1, 0.15) is 64.1 Å². The summed E-state index contributed by atoms with van der Waals surface area (Å²) in [5, 5.41) is 22.9. The fraction of sp³-hybridized carbons (Fsp3) is 0.412. The Labute approximate surface area is 421 Å². The molecule has 3 aromatic carbocycles. The number of anilines is 3. The first-order valence-electron chi connectivity index (χ1n) is 23.6. The number of rotatable bonds is 19. The summed E-state index contributed by atoms with van der Waals surface area (Å²) in [4.78, 5) is 86.1. The summed E-state index contributed by atoms with van der Waals surface area (Å²) in [6.45, 7) is 14.6. The highest BCUT2D eigenvalue weighted by Gasteiger charge is 2.44. The molecule has 1 unspecified atom stereocenters. The highest BCUT2D eigenvalue weighted by Crippen LogP contribution is 2.35. The van der Waals surface area contributed by atoms with Crippen molar-refractivity contribution in [3.63, 3.8) is 0 Å². The number of benzene rings is 3. The largest absolute Gasteiger partial charge is 0.491 e. The minimum absolute atomic E-state index is 0.0315. The van der Waals surface area contributed by atoms with Gasteiger partial charge in [-0.15, -0.1) is 11.3 Å². The van der Waals surface area contributed by atoms with E-state index in [2.05, 4.69) is 47.7 Å². The SMILES string of the molecule is C=CC(=O)Nc1cc2c(Nc3ccc(F)c(Cl)c3)ncnc2cc1OCCCN1CCN(C(=O)CCCC(=O)NC(C(=O)N2C[C@H](O)C[C@H]2C(=O)NCc2ccc(-c3scnc3C)cc2)C(C)(C)C)CC1. The van der Waals surface area contributed by atoms with Gasteiger partial charge in [0.1, 0.15) is 35.8 Å². The number of carbonyl (C=O) groups excluding carboxylic acids is 5. The number of halogens is 2. The van der Waals surface area contributed by atoms with Gasteiger partial charge < -0.3 is 40.9 Å². The van der Waals surface area contributed by atoms with Crippen molar-refractivity contribution in [1.29, 1.82) is 0 Å². The first-order chi connectivity index (χ1) is 34.0. The average molecular weight is 1010 g/mol. The van der Waals surface area contributed by atoms with Crippen molar-refractivity contribution in [2.24, 2.45) is 5.41 Å². The molecule has 0 bridgehead atoms. The molecule has 7 rings (SSSR count). The van der Waals surface area contributed by atoms with Crippen molar-refractivity contribution in [2.45, 2.75) is 84.5 Å². The van der Waals surface area contributed by atoms with E-state index in [1.807, 2.05) is 52.0 Å². The molecule has 0 aliphatic carbocycles. The molecule has 2 aromatic heterocycles. The van der Waals surface area contributed by atoms with Crippen LogP contribution in [0.2, 0.25) is 5.02 Å². The Kier molecular flexibility index (Phi) is 17.4. The molecule has 376 valence electrons. The molecule has 2 aliphatic rings. The maximum absolute atomic E-state index is 14.1. The first-order valence-corrected chi connectivity index (χ1v) is 24.8. The van der Waals surface area contributed by atoms with Crippen LogP contribution in [-0.4, -0.2) is 128 Å². The van der Waals surface area contributed by atoms with Gasteiger partial charge in [-0.1, -0.05) is 63.2 Å². The monoisotopic (exact) mass is 1010 g/mol. The standard InChI is InChI=1S/C51H60ClFN10O7S/c1-6-43(65)59-40-25-36-39(55-29-56-48(36)58-34-15-16-38(53)37(52)23-34)26-42(40)70-22-8-17-61-18-20-62(21-19-61)45(67)10-7-9-44(66)60-47(51(3,4)5)50(69)63-28-35(64)24-41(63)49(68)54-27-32-11-13-33(14-12-32)46-31(2)57-30-71-46/h6,11-16,23,25-26,29-30,35,41,47,64H,1,7-10,17-22,24,27-28H2,2-5H3,(H,54,68)(H,59,65)(H,60,66)(H,55,56,58)/t35-,41+,47?/m1/s1. The molecular formula is C51H60ClFN10O7S. The number of amides is 5. The van der Waals surface area contributed by atoms with Crippen molar-refractivity contribution >= 4 is 80.6 Å². The van der Waals surface area contributed by atoms with E-state index >= 15 is 0 Å². The van der Waals surface area contributed by atoms with Gasteiger partial charge in [0.05, 0.1) is 45.0 Å². The molecule has 20 heteroatoms. The van der Waals surface area contributed by atoms with Crippen LogP contribution in [0.5, 0.6) is 5.75 Å². The topological polar surface area (TPSA) is 211 Å². The number of likely N-dealkylation sites (tertiary alicyclic amines) is 1. The van der Waals surface area contributed by atoms with Crippen LogP contribution in [-0.2, 0) is 30.5 Å². The van der Waals surface area contributed by atoms with E-state index in [9.17, 15) is 33.5 Å². The Morgan fingerprint density at radius 2 is 1.76 bits per heavy atom. The second kappa shape index (κ2) is 23.6. The van der Waals surface area contributed by atoms with E-state index in [-0.39, 0.29) is 55.1 Å². The van der Waals surface area contributed by atoms with E-state index < -0.39 is 41.2 Å². The van der Waals surface area contributed by atoms with Gasteiger partial charge in [-0.25, -0.2) is 19.3 Å². The highest BCUT2D eigenvalue weighted by atomic mass is 35.5. The van der Waals surface area contributed by atoms with Crippen molar-refractivity contribution < 1.29 is 38.2 Å². The number of aliphatic hydroxyl groups is 1. The maximum atomic E-state index is 14.1. The number of hydrogen-bond acceptors (Lipinski definition) is 13. The summed E-state index contributed by atoms with van der Waals surface area (Å²) >= 11 is 7.54. The maximum Gasteiger partial charge on any atom is 0.247 e. The molecule has 5 N–H and O–H groups in total. The zero-order valence-corrected chi connectivity index (χ0v) is 41.9. The van der Waals surface area contributed by atoms with Gasteiger partial charge >= 0.3 is 0 Å². The zero-order valence-electron chi connectivity index (χ0n) is 40.3. The number of fused-ring (bicyclic) bond motifs is 1. The normalized spacial score (nSPS) is 16.6. The summed E-state index contributed by atoms with van der Waals surface area (Å²) in [7, 11) is 0. The Bertz CT molecular complexity index is 2740. The van der Waals surface area contributed by atoms with Crippen LogP contribution in [0, 0.1) is 18.2 Å². The Morgan fingerprint density at radius 1 is 1.00 bits per heavy atom. The fourth-order valence-corrected chi connectivity index (χ4v) is 9.55. The summed E-state index contributed by atoms with van der Waals surface area (Å²) in [6, 6.07) is 13.6. The van der Waals surface area contributed by atoms with Crippen molar-refractivity contribution in [2.75, 3.05) is 56.5 Å². The summed E-state index contributed by atoms with van der Waals surface area (Å²) in [5.74, 6) is -1.42. The van der Waals surface area contributed by atoms with Gasteiger partial charge in [-0.3, -0.25) is 28.9 Å². The zero-order chi connectivity index (χ0) is 50.8. The Hall–Kier alpha value is -6.54. The van der Waals surface area contributed by atoms with Crippen LogP contribution < -0.4 is 26.0 Å². The molecule has 71 heavy (non-hydrogen) atoms. The van der Waals surface area contributed by atoms with Gasteiger partial charge in [0.15, 0.2) is 0 Å². The fourth-order valence-electron chi connectivity index (χ4n) is 8.56. The third-order valence-electron chi connectivity index (χ3n) is 12.5. The van der Waals surface area contributed by atoms with Gasteiger partial charge in [-0.05, 0) is 66.6 Å². The number of nitrogens with zero attached hydrogens (tertiary/aromatic N) is 6. The molecule has 0 spiro atoms. The number of β-amino-alcohol motifs (C(OH)–C–C–N with tert-alkyl or cyclic N) is 1. The number of ether oxygens (including phenoxy) is 1. The van der Waals surface area contributed by atoms with E-state index in [1.54, 1.807) is 33.9 Å². The van der Waals surface area contributed by atoms with Gasteiger partial charge in [-0.2, -0.15) is 0 Å². The molecular weight excluding hydrogens is 951 g/mol. The average Bonchev–Trinajstić information content (AvgIpc) is 3.97. The number of thiazole rings is 1. The van der Waals surface area contributed by atoms with Crippen molar-refractivity contribution in [3.8, 4) is 16.2 Å². The molecule has 17 nitrogen and oxygen atoms in total. The summed E-state index contributed by atoms with van der Waals surface area (Å²) < 4.78 is 19.9. The lowest BCUT2D eigenvalue weighted by Crippen LogP contribution is -2.57. The molecule has 4 heterocycles. The number of piperazine rings is 1. The summed E-state index contributed by atoms with van der Waals surface area (Å²) in [5.41, 5.74) is 5.40. The van der Waals surface area contributed by atoms with E-state index in [4.69, 9.17) is 16.3 Å². The quantitative estimate of drug-likeness (QED) is 0.0437. The number of aliphatic hydroxyl groups excluding tert-OH is 1. The third-order valence-corrected chi connectivity index (χ3v) is 13.7. The van der Waals surface area contributed by atoms with Gasteiger partial charge in [0.2, 0.25) is 29.5 Å². The second-order valence-electron chi connectivity index (χ2n) is 18.8. The molecule has 2 fully saturated rings. The molecule has 2 aliphatic heterocycles. The molecule has 0 radical (unpaired) electrons. The molecule has 0 saturated carbocycles. The number of nitrogens with one attached hydrogen (secondary N) is 4. The van der Waals surface area contributed by atoms with Gasteiger partial charge in [0.25, 0.3) is 0 Å². The first kappa shape index (κ1) is 52.3. The highest BCUT2D eigenvalue weighted by molar-refractivity contribution is 7.13. The van der Waals surface area contributed by atoms with Crippen LogP contribution in [0.4, 0.5) is 21.6 Å². The smallest absolute Gasteiger partial charge is 0.247 e. The van der Waals surface area contributed by atoms with E-state index in [0.29, 0.717) is 86.0 Å². The number of aryl methyl sites for hydroxylation is 1. The number of hydrogen-bond donors (Lipinski definition) is 5. The van der Waals surface area contributed by atoms with Crippen LogP contribution in [0.3, 0.4) is 0 Å². The van der Waals surface area contributed by atoms with Crippen LogP contribution in [0.25, 0.3) is 21.3 Å². The lowest BCUT2D eigenvalue weighted by atomic mass is 9.85. The lowest BCUT2D eigenvalue weighted by Gasteiger charge is -2.35. The second-order valence-corrected chi connectivity index (χ2v) is 20.0. The molecule has 3 atom stereocenters. The summed E-state index contributed by atoms with van der Waals surface area (Å²) in [6.07, 6.45) is 2.88. The minimum Gasteiger partial charge on any atom is -0.491 e. The predicted molar refractivity (Wildman–Crippen MR) is 272 cm³/mol. The van der Waals surface area contributed by atoms with Crippen molar-refractivity contribution in [1.82, 2.24) is 40.3 Å². The van der Waals surface area contributed by atoms with E-state index in [1.165, 1.54) is 29.4 Å². The van der Waals surface area contributed by atoms with Crippen LogP contribution >= 0.6 is 22.9 Å². The Morgan fingerprint density at radius 3 is 2.45 bits per heavy atom. The minimum atomic E-state index is -0.971. The lowest BCUT2D eigenvalue weighted by molar-refractivity contribution is -0.144. The number of aromatic nitrogens is 3. The van der Waals surface area contributed by atoms with Crippen LogP contribution in [0.15, 0.2) is 79.1 Å².